The van der Waals surface area contributed by atoms with Crippen LogP contribution >= 0.6 is 12.2 Å². The van der Waals surface area contributed by atoms with Crippen molar-refractivity contribution in [2.75, 3.05) is 18.5 Å². The Bertz CT molecular complexity index is 821. The molecule has 6 nitrogen and oxygen atoms in total. The maximum atomic E-state index is 12.3. The summed E-state index contributed by atoms with van der Waals surface area (Å²) in [6.07, 6.45) is 1.71. The predicted molar refractivity (Wildman–Crippen MR) is 99.1 cm³/mol. The third-order valence-electron chi connectivity index (χ3n) is 3.64. The molecule has 0 spiro atoms. The van der Waals surface area contributed by atoms with Gasteiger partial charge in [0, 0.05) is 11.9 Å². The summed E-state index contributed by atoms with van der Waals surface area (Å²) in [7, 11) is 0. The Morgan fingerprint density at radius 1 is 1.24 bits per heavy atom. The van der Waals surface area contributed by atoms with Crippen LogP contribution in [0.25, 0.3) is 0 Å². The zero-order chi connectivity index (χ0) is 17.6. The third kappa shape index (κ3) is 4.46. The van der Waals surface area contributed by atoms with Crippen LogP contribution in [0.1, 0.15) is 11.5 Å². The van der Waals surface area contributed by atoms with Crippen molar-refractivity contribution in [3.63, 3.8) is 0 Å². The number of aromatic nitrogens is 2. The second kappa shape index (κ2) is 7.96. The molecule has 1 aliphatic heterocycles. The summed E-state index contributed by atoms with van der Waals surface area (Å²) < 4.78 is 5.35. The van der Waals surface area contributed by atoms with Gasteiger partial charge in [-0.2, -0.15) is 0 Å². The first kappa shape index (κ1) is 17.2. The topological polar surface area (TPSA) is 76.1 Å². The molecule has 7 heteroatoms. The summed E-state index contributed by atoms with van der Waals surface area (Å²) in [6, 6.07) is 11.3. The van der Waals surface area contributed by atoms with Gasteiger partial charge in [-0.15, -0.1) is 0 Å². The molecule has 0 fully saturated rings. The number of thiocarbonyl (C=S) groups is 1. The fraction of sp³-hybridized carbons (Fsp3) is 0.222. The molecule has 3 rings (SSSR count). The number of anilines is 1. The molecule has 1 aliphatic rings. The Balaban J connectivity index is 1.78. The van der Waals surface area contributed by atoms with E-state index in [0.29, 0.717) is 35.2 Å². The number of rotatable bonds is 5. The van der Waals surface area contributed by atoms with Crippen molar-refractivity contribution < 1.29 is 9.53 Å². The fourth-order valence-corrected chi connectivity index (χ4v) is 2.83. The summed E-state index contributed by atoms with van der Waals surface area (Å²) in [6.45, 7) is 2.64. The second-order valence-corrected chi connectivity index (χ2v) is 5.95. The van der Waals surface area contributed by atoms with Gasteiger partial charge in [0.25, 0.3) is 0 Å². The van der Waals surface area contributed by atoms with Gasteiger partial charge in [0.05, 0.1) is 30.1 Å². The second-order valence-electron chi connectivity index (χ2n) is 5.54. The number of Topliss-reactive ketones (excluding diaryl/α,β-unsaturated/α-hetero) is 1. The van der Waals surface area contributed by atoms with Crippen molar-refractivity contribution in [1.82, 2.24) is 15.3 Å². The number of para-hydroxylation sites is 1. The molecule has 0 saturated carbocycles. The van der Waals surface area contributed by atoms with E-state index in [1.54, 1.807) is 6.20 Å². The molecular weight excluding hydrogens is 336 g/mol. The molecule has 0 unspecified atom stereocenters. The molecule has 0 atom stereocenters. The highest BCUT2D eigenvalue weighted by molar-refractivity contribution is 7.81. The minimum Gasteiger partial charge on any atom is -0.380 e. The standard InChI is InChI=1S/C18H18N4O2S/c1-12-19-8-7-14(21-12)9-20-15-10-24-11-16(23)17(15)18(25)22-13-5-3-2-4-6-13/h2-8,20H,9-11H2,1H3,(H,22,25). The lowest BCUT2D eigenvalue weighted by Crippen LogP contribution is -2.34. The number of ketones is 1. The van der Waals surface area contributed by atoms with Crippen LogP contribution in [-0.2, 0) is 16.1 Å². The normalized spacial score (nSPS) is 14.4. The van der Waals surface area contributed by atoms with Crippen molar-refractivity contribution in [3.05, 3.63) is 65.4 Å². The van der Waals surface area contributed by atoms with Gasteiger partial charge in [-0.25, -0.2) is 9.97 Å². The Hall–Kier alpha value is -2.64. The average Bonchev–Trinajstić information content (AvgIpc) is 2.61. The van der Waals surface area contributed by atoms with Gasteiger partial charge in [0.2, 0.25) is 0 Å². The van der Waals surface area contributed by atoms with Crippen molar-refractivity contribution >= 4 is 28.7 Å². The van der Waals surface area contributed by atoms with Crippen LogP contribution in [0.2, 0.25) is 0 Å². The van der Waals surface area contributed by atoms with Gasteiger partial charge in [-0.3, -0.25) is 4.79 Å². The van der Waals surface area contributed by atoms with Crippen molar-refractivity contribution in [3.8, 4) is 0 Å². The molecule has 2 heterocycles. The van der Waals surface area contributed by atoms with Gasteiger partial charge < -0.3 is 15.4 Å². The number of nitrogens with zero attached hydrogens (tertiary/aromatic N) is 2. The number of hydrogen-bond acceptors (Lipinski definition) is 6. The first-order valence-electron chi connectivity index (χ1n) is 7.86. The number of aryl methyl sites for hydroxylation is 1. The van der Waals surface area contributed by atoms with Gasteiger partial charge in [-0.1, -0.05) is 30.4 Å². The van der Waals surface area contributed by atoms with Crippen molar-refractivity contribution in [1.29, 1.82) is 0 Å². The van der Waals surface area contributed by atoms with Crippen LogP contribution in [0.4, 0.5) is 5.69 Å². The summed E-state index contributed by atoms with van der Waals surface area (Å²) in [4.78, 5) is 21.1. The van der Waals surface area contributed by atoms with Gasteiger partial charge in [0.1, 0.15) is 17.4 Å². The van der Waals surface area contributed by atoms with E-state index in [4.69, 9.17) is 17.0 Å². The number of carbonyl (C=O) groups is 1. The molecule has 2 N–H and O–H groups in total. The maximum absolute atomic E-state index is 12.3. The highest BCUT2D eigenvalue weighted by atomic mass is 32.1. The van der Waals surface area contributed by atoms with Crippen molar-refractivity contribution in [2.45, 2.75) is 13.5 Å². The van der Waals surface area contributed by atoms with E-state index >= 15 is 0 Å². The van der Waals surface area contributed by atoms with E-state index in [-0.39, 0.29) is 12.4 Å². The van der Waals surface area contributed by atoms with Gasteiger partial charge >= 0.3 is 0 Å². The largest absolute Gasteiger partial charge is 0.380 e. The molecule has 0 saturated heterocycles. The van der Waals surface area contributed by atoms with E-state index < -0.39 is 0 Å². The van der Waals surface area contributed by atoms with Crippen LogP contribution in [0.3, 0.4) is 0 Å². The number of carbonyl (C=O) groups excluding carboxylic acids is 1. The van der Waals surface area contributed by atoms with Crippen LogP contribution in [0, 0.1) is 6.92 Å². The Morgan fingerprint density at radius 3 is 2.80 bits per heavy atom. The van der Waals surface area contributed by atoms with Gasteiger partial charge in [-0.05, 0) is 25.1 Å². The lowest BCUT2D eigenvalue weighted by molar-refractivity contribution is -0.120. The molecule has 2 aromatic rings. The monoisotopic (exact) mass is 354 g/mol. The molecule has 128 valence electrons. The van der Waals surface area contributed by atoms with Crippen LogP contribution in [0.5, 0.6) is 0 Å². The minimum absolute atomic E-state index is 0.0315. The first-order valence-corrected chi connectivity index (χ1v) is 8.27. The number of ether oxygens (including phenoxy) is 1. The molecule has 0 radical (unpaired) electrons. The zero-order valence-electron chi connectivity index (χ0n) is 13.8. The number of nitrogens with one attached hydrogen (secondary N) is 2. The maximum Gasteiger partial charge on any atom is 0.193 e. The average molecular weight is 354 g/mol. The SMILES string of the molecule is Cc1nccc(CNC2=C(C(=S)Nc3ccccc3)C(=O)COC2)n1. The smallest absolute Gasteiger partial charge is 0.193 e. The van der Waals surface area contributed by atoms with Crippen LogP contribution < -0.4 is 10.6 Å². The Labute approximate surface area is 151 Å². The third-order valence-corrected chi connectivity index (χ3v) is 3.94. The predicted octanol–water partition coefficient (Wildman–Crippen LogP) is 2.17. The minimum atomic E-state index is -0.138. The number of benzene rings is 1. The molecule has 1 aromatic heterocycles. The van der Waals surface area contributed by atoms with E-state index in [1.165, 1.54) is 0 Å². The summed E-state index contributed by atoms with van der Waals surface area (Å²) in [5.74, 6) is 0.562. The molecule has 0 aliphatic carbocycles. The summed E-state index contributed by atoms with van der Waals surface area (Å²) >= 11 is 5.45. The highest BCUT2D eigenvalue weighted by Gasteiger charge is 2.24. The molecule has 1 aromatic carbocycles. The van der Waals surface area contributed by atoms with E-state index in [0.717, 1.165) is 11.4 Å². The van der Waals surface area contributed by atoms with Gasteiger partial charge in [0.15, 0.2) is 5.78 Å². The van der Waals surface area contributed by atoms with E-state index in [2.05, 4.69) is 20.6 Å². The molecule has 0 amide bonds. The fourth-order valence-electron chi connectivity index (χ4n) is 2.48. The quantitative estimate of drug-likeness (QED) is 0.797. The van der Waals surface area contributed by atoms with Crippen molar-refractivity contribution in [2.24, 2.45) is 0 Å². The molecular formula is C18H18N4O2S. The van der Waals surface area contributed by atoms with Crippen LogP contribution in [0.15, 0.2) is 53.9 Å². The summed E-state index contributed by atoms with van der Waals surface area (Å²) in [5.41, 5.74) is 2.81. The Kier molecular flexibility index (Phi) is 5.47. The summed E-state index contributed by atoms with van der Waals surface area (Å²) in [5, 5.41) is 6.34. The highest BCUT2D eigenvalue weighted by Crippen LogP contribution is 2.16. The van der Waals surface area contributed by atoms with E-state index in [1.807, 2.05) is 43.3 Å². The molecule has 0 bridgehead atoms. The van der Waals surface area contributed by atoms with E-state index in [9.17, 15) is 4.79 Å². The Morgan fingerprint density at radius 2 is 2.04 bits per heavy atom. The lowest BCUT2D eigenvalue weighted by atomic mass is 10.1. The number of hydrogen-bond donors (Lipinski definition) is 2. The molecule has 25 heavy (non-hydrogen) atoms. The lowest BCUT2D eigenvalue weighted by Gasteiger charge is -2.22. The first-order chi connectivity index (χ1) is 12.1. The zero-order valence-corrected chi connectivity index (χ0v) is 14.6. The van der Waals surface area contributed by atoms with Crippen LogP contribution in [-0.4, -0.2) is 34.0 Å².